The lowest BCUT2D eigenvalue weighted by molar-refractivity contribution is -0.115. The van der Waals surface area contributed by atoms with E-state index in [-0.39, 0.29) is 17.5 Å². The topological polar surface area (TPSA) is 64.0 Å². The number of hydrogen-bond acceptors (Lipinski definition) is 4. The van der Waals surface area contributed by atoms with Gasteiger partial charge in [-0.2, -0.15) is 0 Å². The van der Waals surface area contributed by atoms with Crippen LogP contribution in [0, 0.1) is 0 Å². The van der Waals surface area contributed by atoms with Crippen molar-refractivity contribution in [3.05, 3.63) is 63.9 Å². The molecule has 1 heterocycles. The van der Waals surface area contributed by atoms with Crippen molar-refractivity contribution < 1.29 is 4.79 Å². The van der Waals surface area contributed by atoms with E-state index in [9.17, 15) is 9.59 Å². The molecule has 0 aliphatic rings. The van der Waals surface area contributed by atoms with Crippen LogP contribution < -0.4 is 10.9 Å². The van der Waals surface area contributed by atoms with Crippen LogP contribution in [0.1, 0.15) is 26.8 Å². The van der Waals surface area contributed by atoms with Crippen molar-refractivity contribution in [2.75, 3.05) is 5.32 Å². The number of anilines is 1. The van der Waals surface area contributed by atoms with Crippen LogP contribution in [0.15, 0.2) is 58.5 Å². The lowest BCUT2D eigenvalue weighted by atomic mass is 10.2. The standard InChI is InChI=1S/C20H20ClN3O2S/c1-12(2)24-19(26)14-8-4-6-10-16(14)23-20(24)27-13(3)18(25)22-17-11-7-5-9-15(17)21/h4-13H,1-3H3,(H,22,25)/t13-/m1/s1. The van der Waals surface area contributed by atoms with Crippen molar-refractivity contribution >= 4 is 45.9 Å². The van der Waals surface area contributed by atoms with Gasteiger partial charge in [0.25, 0.3) is 5.56 Å². The van der Waals surface area contributed by atoms with Crippen molar-refractivity contribution in [2.45, 2.75) is 37.2 Å². The van der Waals surface area contributed by atoms with Gasteiger partial charge in [-0.25, -0.2) is 4.98 Å². The molecule has 0 fully saturated rings. The fourth-order valence-corrected chi connectivity index (χ4v) is 3.90. The fourth-order valence-electron chi connectivity index (χ4n) is 2.67. The highest BCUT2D eigenvalue weighted by molar-refractivity contribution is 8.00. The van der Waals surface area contributed by atoms with E-state index < -0.39 is 5.25 Å². The van der Waals surface area contributed by atoms with E-state index in [1.54, 1.807) is 47.9 Å². The van der Waals surface area contributed by atoms with Gasteiger partial charge in [0.15, 0.2) is 5.16 Å². The molecule has 140 valence electrons. The minimum atomic E-state index is -0.459. The number of nitrogens with one attached hydrogen (secondary N) is 1. The summed E-state index contributed by atoms with van der Waals surface area (Å²) in [5.74, 6) is -0.203. The molecule has 1 aromatic heterocycles. The number of carbonyl (C=O) groups is 1. The maximum atomic E-state index is 12.9. The maximum absolute atomic E-state index is 12.9. The molecule has 0 aliphatic carbocycles. The van der Waals surface area contributed by atoms with Gasteiger partial charge in [0.05, 0.1) is 26.9 Å². The lowest BCUT2D eigenvalue weighted by Crippen LogP contribution is -2.28. The summed E-state index contributed by atoms with van der Waals surface area (Å²) in [6.45, 7) is 5.63. The molecule has 5 nitrogen and oxygen atoms in total. The molecular formula is C20H20ClN3O2S. The number of carbonyl (C=O) groups excluding carboxylic acids is 1. The van der Waals surface area contributed by atoms with Crippen LogP contribution in [-0.2, 0) is 4.79 Å². The molecule has 0 saturated heterocycles. The maximum Gasteiger partial charge on any atom is 0.262 e. The number of halogens is 1. The average Bonchev–Trinajstić information content (AvgIpc) is 2.63. The monoisotopic (exact) mass is 401 g/mol. The molecular weight excluding hydrogens is 382 g/mol. The van der Waals surface area contributed by atoms with E-state index in [1.165, 1.54) is 11.8 Å². The first-order valence-corrected chi connectivity index (χ1v) is 9.87. The van der Waals surface area contributed by atoms with Crippen molar-refractivity contribution in [3.63, 3.8) is 0 Å². The second kappa shape index (κ2) is 8.15. The Bertz CT molecular complexity index is 1050. The summed E-state index contributed by atoms with van der Waals surface area (Å²) in [5.41, 5.74) is 1.08. The summed E-state index contributed by atoms with van der Waals surface area (Å²) in [5, 5.41) is 3.94. The number of aromatic nitrogens is 2. The van der Waals surface area contributed by atoms with Crippen molar-refractivity contribution in [1.29, 1.82) is 0 Å². The van der Waals surface area contributed by atoms with Crippen LogP contribution >= 0.6 is 23.4 Å². The number of fused-ring (bicyclic) bond motifs is 1. The minimum absolute atomic E-state index is 0.0732. The van der Waals surface area contributed by atoms with Crippen molar-refractivity contribution in [2.24, 2.45) is 0 Å². The third kappa shape index (κ3) is 4.17. The van der Waals surface area contributed by atoms with Crippen LogP contribution in [0.4, 0.5) is 5.69 Å². The molecule has 0 saturated carbocycles. The first kappa shape index (κ1) is 19.5. The van der Waals surface area contributed by atoms with E-state index >= 15 is 0 Å². The normalized spacial score (nSPS) is 12.3. The number of thioether (sulfide) groups is 1. The molecule has 0 bridgehead atoms. The largest absolute Gasteiger partial charge is 0.324 e. The summed E-state index contributed by atoms with van der Waals surface area (Å²) in [6, 6.07) is 14.2. The quantitative estimate of drug-likeness (QED) is 0.495. The van der Waals surface area contributed by atoms with E-state index in [4.69, 9.17) is 11.6 Å². The molecule has 7 heteroatoms. The van der Waals surface area contributed by atoms with Gasteiger partial charge in [0.1, 0.15) is 0 Å². The third-order valence-corrected chi connectivity index (χ3v) is 5.47. The van der Waals surface area contributed by atoms with Crippen LogP contribution in [0.3, 0.4) is 0 Å². The number of benzene rings is 2. The summed E-state index contributed by atoms with van der Waals surface area (Å²) < 4.78 is 1.63. The van der Waals surface area contributed by atoms with Gasteiger partial charge in [-0.1, -0.05) is 47.6 Å². The Labute approximate surface area is 166 Å². The van der Waals surface area contributed by atoms with E-state index in [2.05, 4.69) is 10.3 Å². The van der Waals surface area contributed by atoms with Crippen LogP contribution in [0.2, 0.25) is 5.02 Å². The molecule has 0 unspecified atom stereocenters. The summed E-state index contributed by atoms with van der Waals surface area (Å²) in [6.07, 6.45) is 0. The van der Waals surface area contributed by atoms with Crippen LogP contribution in [-0.4, -0.2) is 20.7 Å². The zero-order valence-electron chi connectivity index (χ0n) is 15.3. The molecule has 1 atom stereocenters. The second-order valence-corrected chi connectivity index (χ2v) is 8.12. The van der Waals surface area contributed by atoms with E-state index in [1.807, 2.05) is 26.0 Å². The Morgan fingerprint density at radius 2 is 1.78 bits per heavy atom. The molecule has 0 spiro atoms. The molecule has 3 aromatic rings. The Hall–Kier alpha value is -2.31. The number of hydrogen-bond donors (Lipinski definition) is 1. The lowest BCUT2D eigenvalue weighted by Gasteiger charge is -2.18. The SMILES string of the molecule is CC(C)n1c(S[C@H](C)C(=O)Nc2ccccc2Cl)nc2ccccc2c1=O. The zero-order chi connectivity index (χ0) is 19.6. The first-order valence-electron chi connectivity index (χ1n) is 8.62. The van der Waals surface area contributed by atoms with Crippen molar-refractivity contribution in [1.82, 2.24) is 9.55 Å². The molecule has 1 N–H and O–H groups in total. The Morgan fingerprint density at radius 1 is 1.11 bits per heavy atom. The van der Waals surface area contributed by atoms with Gasteiger partial charge in [-0.3, -0.25) is 14.2 Å². The first-order chi connectivity index (χ1) is 12.9. The van der Waals surface area contributed by atoms with Gasteiger partial charge in [-0.05, 0) is 45.0 Å². The summed E-state index contributed by atoms with van der Waals surface area (Å²) in [4.78, 5) is 30.1. The predicted octanol–water partition coefficient (Wildman–Crippen LogP) is 4.75. The fraction of sp³-hybridized carbons (Fsp3) is 0.250. The van der Waals surface area contributed by atoms with Gasteiger partial charge in [-0.15, -0.1) is 0 Å². The second-order valence-electron chi connectivity index (χ2n) is 6.41. The smallest absolute Gasteiger partial charge is 0.262 e. The minimum Gasteiger partial charge on any atom is -0.324 e. The molecule has 1 amide bonds. The zero-order valence-corrected chi connectivity index (χ0v) is 16.8. The molecule has 0 aliphatic heterocycles. The van der Waals surface area contributed by atoms with Crippen LogP contribution in [0.5, 0.6) is 0 Å². The van der Waals surface area contributed by atoms with Gasteiger partial charge < -0.3 is 5.32 Å². The molecule has 27 heavy (non-hydrogen) atoms. The van der Waals surface area contributed by atoms with E-state index in [0.717, 1.165) is 0 Å². The van der Waals surface area contributed by atoms with E-state index in [0.29, 0.717) is 26.8 Å². The van der Waals surface area contributed by atoms with Gasteiger partial charge >= 0.3 is 0 Å². The third-order valence-electron chi connectivity index (χ3n) is 4.07. The molecule has 2 aromatic carbocycles. The number of rotatable bonds is 5. The Kier molecular flexibility index (Phi) is 5.87. The number of amides is 1. The number of nitrogens with zero attached hydrogens (tertiary/aromatic N) is 2. The highest BCUT2D eigenvalue weighted by Crippen LogP contribution is 2.27. The Balaban J connectivity index is 1.91. The Morgan fingerprint density at radius 3 is 2.48 bits per heavy atom. The highest BCUT2D eigenvalue weighted by atomic mass is 35.5. The number of para-hydroxylation sites is 2. The molecule has 3 rings (SSSR count). The molecule has 0 radical (unpaired) electrons. The van der Waals surface area contributed by atoms with Crippen LogP contribution in [0.25, 0.3) is 10.9 Å². The summed E-state index contributed by atoms with van der Waals surface area (Å²) >= 11 is 7.36. The summed E-state index contributed by atoms with van der Waals surface area (Å²) in [7, 11) is 0. The van der Waals surface area contributed by atoms with Gasteiger partial charge in [0, 0.05) is 6.04 Å². The van der Waals surface area contributed by atoms with Gasteiger partial charge in [0.2, 0.25) is 5.91 Å². The average molecular weight is 402 g/mol. The van der Waals surface area contributed by atoms with Crippen molar-refractivity contribution in [3.8, 4) is 0 Å². The predicted molar refractivity (Wildman–Crippen MR) is 112 cm³/mol. The highest BCUT2D eigenvalue weighted by Gasteiger charge is 2.21.